The molecule has 0 spiro atoms. The maximum atomic E-state index is 12.9. The lowest BCUT2D eigenvalue weighted by Crippen LogP contribution is -2.37. The first-order chi connectivity index (χ1) is 15.2. The van der Waals surface area contributed by atoms with Gasteiger partial charge in [-0.2, -0.15) is 0 Å². The molecule has 6 heteroatoms. The number of rotatable bonds is 5. The van der Waals surface area contributed by atoms with E-state index in [4.69, 9.17) is 0 Å². The van der Waals surface area contributed by atoms with E-state index in [2.05, 4.69) is 28.2 Å². The van der Waals surface area contributed by atoms with Gasteiger partial charge < -0.3 is 10.3 Å². The van der Waals surface area contributed by atoms with Crippen molar-refractivity contribution in [3.8, 4) is 0 Å². The van der Waals surface area contributed by atoms with Crippen LogP contribution < -0.4 is 10.9 Å². The number of carbonyl (C=O) groups excluding carboxylic acids is 2. The van der Waals surface area contributed by atoms with Gasteiger partial charge in [-0.25, -0.2) is 0 Å². The summed E-state index contributed by atoms with van der Waals surface area (Å²) in [5, 5.41) is 2.89. The highest BCUT2D eigenvalue weighted by Gasteiger charge is 2.32. The van der Waals surface area contributed by atoms with Gasteiger partial charge in [0, 0.05) is 36.8 Å². The van der Waals surface area contributed by atoms with Gasteiger partial charge in [0.15, 0.2) is 5.78 Å². The van der Waals surface area contributed by atoms with E-state index in [9.17, 15) is 14.4 Å². The fraction of sp³-hybridized carbons (Fsp3) is 0.500. The summed E-state index contributed by atoms with van der Waals surface area (Å²) >= 11 is 0. The molecule has 4 rings (SSSR count). The van der Waals surface area contributed by atoms with E-state index in [-0.39, 0.29) is 16.8 Å². The van der Waals surface area contributed by atoms with Crippen LogP contribution in [0.1, 0.15) is 84.0 Å². The summed E-state index contributed by atoms with van der Waals surface area (Å²) in [6, 6.07) is 10.2. The molecule has 1 fully saturated rings. The van der Waals surface area contributed by atoms with Crippen LogP contribution in [-0.2, 0) is 19.5 Å². The number of likely N-dealkylation sites (tertiary alicyclic amines) is 1. The van der Waals surface area contributed by atoms with Gasteiger partial charge in [0.2, 0.25) is 0 Å². The van der Waals surface area contributed by atoms with E-state index in [1.165, 1.54) is 30.9 Å². The Balaban J connectivity index is 1.49. The second-order valence-corrected chi connectivity index (χ2v) is 10.1. The number of carbonyl (C=O) groups is 2. The van der Waals surface area contributed by atoms with E-state index in [1.807, 2.05) is 32.0 Å². The Morgan fingerprint density at radius 1 is 1.16 bits per heavy atom. The van der Waals surface area contributed by atoms with Gasteiger partial charge in [-0.1, -0.05) is 44.5 Å². The Bertz CT molecular complexity index is 1090. The van der Waals surface area contributed by atoms with Gasteiger partial charge in [-0.15, -0.1) is 0 Å². The summed E-state index contributed by atoms with van der Waals surface area (Å²) in [5.74, 6) is -0.477. The molecule has 0 saturated carbocycles. The van der Waals surface area contributed by atoms with Crippen LogP contribution in [0.15, 0.2) is 35.1 Å². The van der Waals surface area contributed by atoms with E-state index in [0.717, 1.165) is 18.7 Å². The van der Waals surface area contributed by atoms with Crippen molar-refractivity contribution in [2.24, 2.45) is 5.41 Å². The van der Waals surface area contributed by atoms with Gasteiger partial charge in [0.25, 0.3) is 11.5 Å². The van der Waals surface area contributed by atoms with Crippen molar-refractivity contribution in [3.05, 3.63) is 68.6 Å². The highest BCUT2D eigenvalue weighted by molar-refractivity contribution is 6.02. The summed E-state index contributed by atoms with van der Waals surface area (Å²) in [7, 11) is 0. The zero-order chi connectivity index (χ0) is 22.9. The molecular formula is C26H33N3O3. The molecule has 0 bridgehead atoms. The van der Waals surface area contributed by atoms with E-state index >= 15 is 0 Å². The fourth-order valence-corrected chi connectivity index (χ4v) is 4.96. The maximum Gasteiger partial charge on any atom is 0.261 e. The molecule has 1 saturated heterocycles. The first-order valence-corrected chi connectivity index (χ1v) is 11.6. The molecule has 32 heavy (non-hydrogen) atoms. The zero-order valence-electron chi connectivity index (χ0n) is 19.3. The van der Waals surface area contributed by atoms with E-state index in [1.54, 1.807) is 0 Å². The van der Waals surface area contributed by atoms with E-state index in [0.29, 0.717) is 36.7 Å². The third kappa shape index (κ3) is 4.85. The fourth-order valence-electron chi connectivity index (χ4n) is 4.96. The minimum atomic E-state index is -0.451. The molecule has 1 amide bonds. The van der Waals surface area contributed by atoms with E-state index < -0.39 is 11.5 Å². The van der Waals surface area contributed by atoms with Crippen LogP contribution >= 0.6 is 0 Å². The number of fused-ring (bicyclic) bond motifs is 1. The number of piperidine rings is 1. The molecule has 1 aliphatic heterocycles. The lowest BCUT2D eigenvalue weighted by molar-refractivity contribution is 0.0910. The predicted molar refractivity (Wildman–Crippen MR) is 125 cm³/mol. The minimum absolute atomic E-state index is 0.000981. The van der Waals surface area contributed by atoms with Crippen molar-refractivity contribution < 1.29 is 9.59 Å². The summed E-state index contributed by atoms with van der Waals surface area (Å²) in [6.07, 6.45) is 4.75. The van der Waals surface area contributed by atoms with Crippen LogP contribution in [0.2, 0.25) is 0 Å². The second-order valence-electron chi connectivity index (χ2n) is 10.1. The summed E-state index contributed by atoms with van der Waals surface area (Å²) in [4.78, 5) is 43.3. The Morgan fingerprint density at radius 2 is 1.91 bits per heavy atom. The third-order valence-electron chi connectivity index (χ3n) is 6.83. The SMILES string of the molecule is CC1CCCCN1Cc1ccccc1CNC(=O)c1cc2c([nH]c1=O)CC(C)(C)CC2=O. The molecule has 2 aromatic rings. The Kier molecular flexibility index (Phi) is 6.33. The van der Waals surface area contributed by atoms with Crippen molar-refractivity contribution >= 4 is 11.7 Å². The number of H-pyrrole nitrogens is 1. The molecule has 170 valence electrons. The number of nitrogens with one attached hydrogen (secondary N) is 2. The number of ketones is 1. The third-order valence-corrected chi connectivity index (χ3v) is 6.83. The van der Waals surface area contributed by atoms with Gasteiger partial charge >= 0.3 is 0 Å². The molecule has 6 nitrogen and oxygen atoms in total. The first-order valence-electron chi connectivity index (χ1n) is 11.6. The summed E-state index contributed by atoms with van der Waals surface area (Å²) in [5.41, 5.74) is 2.71. The topological polar surface area (TPSA) is 82.3 Å². The van der Waals surface area contributed by atoms with Crippen LogP contribution in [-0.4, -0.2) is 34.2 Å². The van der Waals surface area contributed by atoms with Crippen molar-refractivity contribution in [2.75, 3.05) is 6.54 Å². The number of Topliss-reactive ketones (excluding diaryl/α,β-unsaturated/α-hetero) is 1. The Hall–Kier alpha value is -2.73. The summed E-state index contributed by atoms with van der Waals surface area (Å²) < 4.78 is 0. The number of hydrogen-bond donors (Lipinski definition) is 2. The largest absolute Gasteiger partial charge is 0.348 e. The molecule has 1 aliphatic carbocycles. The number of amides is 1. The van der Waals surface area contributed by atoms with Crippen molar-refractivity contribution in [1.29, 1.82) is 0 Å². The Morgan fingerprint density at radius 3 is 2.66 bits per heavy atom. The summed E-state index contributed by atoms with van der Waals surface area (Å²) in [6.45, 7) is 8.58. The van der Waals surface area contributed by atoms with Gasteiger partial charge in [-0.05, 0) is 55.3 Å². The molecule has 2 aliphatic rings. The molecule has 2 heterocycles. The number of nitrogens with zero attached hydrogens (tertiary/aromatic N) is 1. The molecule has 0 radical (unpaired) electrons. The second kappa shape index (κ2) is 9.02. The predicted octanol–water partition coefficient (Wildman–Crippen LogP) is 3.83. The van der Waals surface area contributed by atoms with Gasteiger partial charge in [0.05, 0.1) is 0 Å². The average molecular weight is 436 g/mol. The minimum Gasteiger partial charge on any atom is -0.348 e. The van der Waals surface area contributed by atoms with Crippen LogP contribution in [0, 0.1) is 5.41 Å². The molecule has 2 N–H and O–H groups in total. The van der Waals surface area contributed by atoms with Crippen LogP contribution in [0.4, 0.5) is 0 Å². The number of aromatic nitrogens is 1. The van der Waals surface area contributed by atoms with Crippen LogP contribution in [0.25, 0.3) is 0 Å². The number of aromatic amines is 1. The molecular weight excluding hydrogens is 402 g/mol. The van der Waals surface area contributed by atoms with Crippen molar-refractivity contribution in [2.45, 2.75) is 72.0 Å². The first kappa shape index (κ1) is 22.5. The van der Waals surface area contributed by atoms with Crippen molar-refractivity contribution in [3.63, 3.8) is 0 Å². The Labute approximate surface area is 189 Å². The smallest absolute Gasteiger partial charge is 0.261 e. The highest BCUT2D eigenvalue weighted by atomic mass is 16.2. The zero-order valence-corrected chi connectivity index (χ0v) is 19.3. The molecule has 1 unspecified atom stereocenters. The number of hydrogen-bond acceptors (Lipinski definition) is 4. The molecule has 1 aromatic heterocycles. The molecule has 1 aromatic carbocycles. The monoisotopic (exact) mass is 435 g/mol. The number of benzene rings is 1. The number of pyridine rings is 1. The maximum absolute atomic E-state index is 12.9. The molecule has 1 atom stereocenters. The lowest BCUT2D eigenvalue weighted by Gasteiger charge is -2.33. The normalized spacial score (nSPS) is 20.6. The lowest BCUT2D eigenvalue weighted by atomic mass is 9.75. The van der Waals surface area contributed by atoms with Crippen molar-refractivity contribution in [1.82, 2.24) is 15.2 Å². The highest BCUT2D eigenvalue weighted by Crippen LogP contribution is 2.33. The quantitative estimate of drug-likeness (QED) is 0.748. The van der Waals surface area contributed by atoms with Gasteiger partial charge in [0.1, 0.15) is 5.56 Å². The van der Waals surface area contributed by atoms with Crippen LogP contribution in [0.5, 0.6) is 0 Å². The standard InChI is InChI=1S/C26H33N3O3/c1-17-8-6-7-11-29(17)16-19-10-5-4-9-18(19)15-27-24(31)21-12-20-22(28-25(21)32)13-26(2,3)14-23(20)30/h4-5,9-10,12,17H,6-8,11,13-16H2,1-3H3,(H,27,31)(H,28,32). The van der Waals surface area contributed by atoms with Crippen LogP contribution in [0.3, 0.4) is 0 Å². The average Bonchev–Trinajstić information content (AvgIpc) is 2.73. The van der Waals surface area contributed by atoms with Gasteiger partial charge in [-0.3, -0.25) is 19.3 Å².